The van der Waals surface area contributed by atoms with Gasteiger partial charge in [0.25, 0.3) is 0 Å². The normalized spacial score (nSPS) is 22.7. The topological polar surface area (TPSA) is 54.5 Å². The molecule has 5 nitrogen and oxygen atoms in total. The summed E-state index contributed by atoms with van der Waals surface area (Å²) in [6.45, 7) is 5.25. The van der Waals surface area contributed by atoms with Crippen molar-refractivity contribution in [3.05, 3.63) is 71.1 Å². The van der Waals surface area contributed by atoms with Gasteiger partial charge in [0.1, 0.15) is 0 Å². The second-order valence-corrected chi connectivity index (χ2v) is 8.49. The van der Waals surface area contributed by atoms with Crippen LogP contribution < -0.4 is 5.32 Å². The highest BCUT2D eigenvalue weighted by Gasteiger charge is 2.39. The Labute approximate surface area is 179 Å². The largest absolute Gasteiger partial charge is 0.465 e. The molecule has 158 valence electrons. The molecule has 0 amide bonds. The number of aromatic nitrogens is 1. The zero-order valence-electron chi connectivity index (χ0n) is 17.9. The second kappa shape index (κ2) is 9.54. The van der Waals surface area contributed by atoms with Gasteiger partial charge >= 0.3 is 5.97 Å². The molecule has 0 radical (unpaired) electrons. The lowest BCUT2D eigenvalue weighted by molar-refractivity contribution is 0.0600. The molecule has 2 unspecified atom stereocenters. The Hall–Kier alpha value is -2.50. The van der Waals surface area contributed by atoms with Crippen molar-refractivity contribution in [3.63, 3.8) is 0 Å². The first-order valence-electron chi connectivity index (χ1n) is 10.9. The number of likely N-dealkylation sites (tertiary alicyclic amines) is 1. The molecule has 1 N–H and O–H groups in total. The van der Waals surface area contributed by atoms with Crippen LogP contribution in [0.3, 0.4) is 0 Å². The van der Waals surface area contributed by atoms with Gasteiger partial charge in [-0.3, -0.25) is 9.88 Å². The third kappa shape index (κ3) is 5.35. The second-order valence-electron chi connectivity index (χ2n) is 8.49. The van der Waals surface area contributed by atoms with Crippen molar-refractivity contribution in [2.75, 3.05) is 20.2 Å². The molecule has 1 saturated carbocycles. The Morgan fingerprint density at radius 3 is 2.63 bits per heavy atom. The summed E-state index contributed by atoms with van der Waals surface area (Å²) in [6.07, 6.45) is 7.53. The van der Waals surface area contributed by atoms with Crippen LogP contribution in [-0.4, -0.2) is 48.1 Å². The van der Waals surface area contributed by atoms with E-state index >= 15 is 0 Å². The summed E-state index contributed by atoms with van der Waals surface area (Å²) in [7, 11) is 1.39. The van der Waals surface area contributed by atoms with Crippen LogP contribution in [0.5, 0.6) is 0 Å². The minimum absolute atomic E-state index is 0.340. The van der Waals surface area contributed by atoms with Gasteiger partial charge in [-0.25, -0.2) is 4.79 Å². The van der Waals surface area contributed by atoms with E-state index < -0.39 is 0 Å². The first-order chi connectivity index (χ1) is 14.6. The molecular formula is C25H31N3O2. The van der Waals surface area contributed by atoms with Gasteiger partial charge in [-0.2, -0.15) is 0 Å². The molecule has 2 fully saturated rings. The molecule has 2 heterocycles. The number of nitrogens with one attached hydrogen (secondary N) is 1. The van der Waals surface area contributed by atoms with Crippen molar-refractivity contribution < 1.29 is 9.53 Å². The highest BCUT2D eigenvalue weighted by atomic mass is 16.5. The minimum atomic E-state index is -0.340. The molecule has 4 rings (SSSR count). The molecule has 30 heavy (non-hydrogen) atoms. The molecule has 1 aliphatic carbocycles. The Kier molecular flexibility index (Phi) is 6.60. The summed E-state index contributed by atoms with van der Waals surface area (Å²) in [6, 6.07) is 15.5. The third-order valence-corrected chi connectivity index (χ3v) is 6.24. The molecule has 0 bridgehead atoms. The van der Waals surface area contributed by atoms with Gasteiger partial charge in [0.05, 0.1) is 18.4 Å². The molecule has 2 atom stereocenters. The van der Waals surface area contributed by atoms with E-state index in [1.807, 2.05) is 6.07 Å². The van der Waals surface area contributed by atoms with Crippen molar-refractivity contribution in [3.8, 4) is 0 Å². The zero-order valence-corrected chi connectivity index (χ0v) is 17.9. The number of benzene rings is 1. The van der Waals surface area contributed by atoms with Crippen LogP contribution in [0.15, 0.2) is 54.2 Å². The van der Waals surface area contributed by atoms with Gasteiger partial charge in [-0.1, -0.05) is 42.0 Å². The first-order valence-corrected chi connectivity index (χ1v) is 10.9. The lowest BCUT2D eigenvalue weighted by Crippen LogP contribution is -2.43. The minimum Gasteiger partial charge on any atom is -0.465 e. The van der Waals surface area contributed by atoms with Crippen LogP contribution in [0, 0.1) is 5.92 Å². The predicted molar refractivity (Wildman–Crippen MR) is 119 cm³/mol. The first kappa shape index (κ1) is 20.8. The summed E-state index contributed by atoms with van der Waals surface area (Å²) in [4.78, 5) is 18.4. The van der Waals surface area contributed by atoms with Gasteiger partial charge in [0.15, 0.2) is 0 Å². The fourth-order valence-electron chi connectivity index (χ4n) is 4.35. The van der Waals surface area contributed by atoms with Gasteiger partial charge in [-0.15, -0.1) is 0 Å². The number of carbonyl (C=O) groups excluding carboxylic acids is 1. The summed E-state index contributed by atoms with van der Waals surface area (Å²) in [5.41, 5.74) is 4.28. The number of nitrogens with zero attached hydrogens (tertiary/aromatic N) is 2. The average Bonchev–Trinajstić information content (AvgIpc) is 3.55. The maximum Gasteiger partial charge on any atom is 0.339 e. The van der Waals surface area contributed by atoms with Crippen molar-refractivity contribution in [2.24, 2.45) is 5.92 Å². The van der Waals surface area contributed by atoms with Gasteiger partial charge in [0.2, 0.25) is 0 Å². The van der Waals surface area contributed by atoms with Crippen molar-refractivity contribution in [2.45, 2.75) is 44.8 Å². The lowest BCUT2D eigenvalue weighted by atomic mass is 10.0. The number of piperidine rings is 1. The number of hydrogen-bond donors (Lipinski definition) is 1. The monoisotopic (exact) mass is 405 g/mol. The van der Waals surface area contributed by atoms with Gasteiger partial charge < -0.3 is 10.1 Å². The molecule has 1 aliphatic heterocycles. The molecule has 0 spiro atoms. The molecular weight excluding hydrogens is 374 g/mol. The summed E-state index contributed by atoms with van der Waals surface area (Å²) >= 11 is 0. The average molecular weight is 406 g/mol. The number of esters is 1. The maximum absolute atomic E-state index is 11.5. The number of carbonyl (C=O) groups is 1. The molecule has 2 aliphatic rings. The van der Waals surface area contributed by atoms with E-state index in [1.54, 1.807) is 12.3 Å². The number of rotatable bonds is 7. The van der Waals surface area contributed by atoms with E-state index in [4.69, 9.17) is 4.74 Å². The fraction of sp³-hybridized carbons (Fsp3) is 0.440. The van der Waals surface area contributed by atoms with Crippen LogP contribution in [-0.2, 0) is 11.3 Å². The van der Waals surface area contributed by atoms with Crippen LogP contribution in [0.1, 0.15) is 47.8 Å². The lowest BCUT2D eigenvalue weighted by Gasteiger charge is -2.32. The zero-order chi connectivity index (χ0) is 20.9. The van der Waals surface area contributed by atoms with Crippen LogP contribution in [0.4, 0.5) is 0 Å². The highest BCUT2D eigenvalue weighted by Crippen LogP contribution is 2.38. The van der Waals surface area contributed by atoms with E-state index in [1.165, 1.54) is 37.5 Å². The smallest absolute Gasteiger partial charge is 0.339 e. The van der Waals surface area contributed by atoms with E-state index in [9.17, 15) is 4.79 Å². The summed E-state index contributed by atoms with van der Waals surface area (Å²) in [5, 5.41) is 3.89. The Bertz CT molecular complexity index is 871. The van der Waals surface area contributed by atoms with E-state index in [-0.39, 0.29) is 5.97 Å². The molecule has 1 aromatic carbocycles. The van der Waals surface area contributed by atoms with E-state index in [0.29, 0.717) is 23.6 Å². The molecule has 1 saturated heterocycles. The quantitative estimate of drug-likeness (QED) is 0.708. The number of methoxy groups -OCH3 is 1. The van der Waals surface area contributed by atoms with Crippen molar-refractivity contribution >= 4 is 12.0 Å². The van der Waals surface area contributed by atoms with Gasteiger partial charge in [-0.05, 0) is 49.8 Å². The SMILES string of the molecule is COC(=O)c1ccc(CN2CCC(NC3CC3C(C)=Cc3ccccc3)CC2)nc1. The van der Waals surface area contributed by atoms with E-state index in [2.05, 4.69) is 58.5 Å². The number of pyridine rings is 1. The Balaban J connectivity index is 1.20. The van der Waals surface area contributed by atoms with Crippen LogP contribution >= 0.6 is 0 Å². The number of hydrogen-bond acceptors (Lipinski definition) is 5. The van der Waals surface area contributed by atoms with Crippen molar-refractivity contribution in [1.82, 2.24) is 15.2 Å². The molecule has 5 heteroatoms. The fourth-order valence-corrected chi connectivity index (χ4v) is 4.35. The third-order valence-electron chi connectivity index (χ3n) is 6.24. The molecule has 2 aromatic rings. The standard InChI is InChI=1S/C25H31N3O2/c1-18(14-19-6-4-3-5-7-19)23-15-24(23)27-21-10-12-28(13-11-21)17-22-9-8-20(16-26-22)25(29)30-2/h3-9,14,16,21,23-24,27H,10-13,15,17H2,1-2H3. The highest BCUT2D eigenvalue weighted by molar-refractivity contribution is 5.88. The van der Waals surface area contributed by atoms with Crippen LogP contribution in [0.2, 0.25) is 0 Å². The number of ether oxygens (including phenoxy) is 1. The Morgan fingerprint density at radius 1 is 1.20 bits per heavy atom. The van der Waals surface area contributed by atoms with Gasteiger partial charge in [0, 0.05) is 37.9 Å². The summed E-state index contributed by atoms with van der Waals surface area (Å²) < 4.78 is 4.73. The summed E-state index contributed by atoms with van der Waals surface area (Å²) in [5.74, 6) is 0.342. The van der Waals surface area contributed by atoms with Crippen LogP contribution in [0.25, 0.3) is 6.08 Å². The Morgan fingerprint density at radius 2 is 1.97 bits per heavy atom. The predicted octanol–water partition coefficient (Wildman–Crippen LogP) is 3.91. The molecule has 1 aromatic heterocycles. The van der Waals surface area contributed by atoms with Crippen molar-refractivity contribution in [1.29, 1.82) is 0 Å². The van der Waals surface area contributed by atoms with E-state index in [0.717, 1.165) is 25.3 Å². The maximum atomic E-state index is 11.5.